The molecule has 0 radical (unpaired) electrons. The van der Waals surface area contributed by atoms with Gasteiger partial charge in [0.2, 0.25) is 0 Å². The van der Waals surface area contributed by atoms with Crippen molar-refractivity contribution in [3.63, 3.8) is 0 Å². The zero-order chi connectivity index (χ0) is 11.8. The van der Waals surface area contributed by atoms with Crippen LogP contribution in [0.4, 0.5) is 0 Å². The van der Waals surface area contributed by atoms with Crippen molar-refractivity contribution in [2.24, 2.45) is 5.41 Å². The zero-order valence-corrected chi connectivity index (χ0v) is 11.0. The van der Waals surface area contributed by atoms with Crippen LogP contribution in [0.25, 0.3) is 0 Å². The summed E-state index contributed by atoms with van der Waals surface area (Å²) in [7, 11) is 0. The molecule has 1 aliphatic heterocycles. The van der Waals surface area contributed by atoms with Gasteiger partial charge in [0.05, 0.1) is 11.7 Å². The lowest BCUT2D eigenvalue weighted by Crippen LogP contribution is -2.09. The molecule has 90 valence electrons. The monoisotopic (exact) mass is 220 g/mol. The lowest BCUT2D eigenvalue weighted by atomic mass is 9.87. The molecule has 1 heterocycles. The van der Waals surface area contributed by atoms with Crippen molar-refractivity contribution in [3.8, 4) is 0 Å². The van der Waals surface area contributed by atoms with Crippen LogP contribution < -0.4 is 0 Å². The molecule has 1 fully saturated rings. The summed E-state index contributed by atoms with van der Waals surface area (Å²) in [4.78, 5) is 0. The lowest BCUT2D eigenvalue weighted by molar-refractivity contribution is 0.306. The minimum Gasteiger partial charge on any atom is -0.366 e. The molecular formula is C15H24O. The van der Waals surface area contributed by atoms with Crippen molar-refractivity contribution in [1.29, 1.82) is 0 Å². The number of epoxide rings is 1. The van der Waals surface area contributed by atoms with E-state index in [-0.39, 0.29) is 11.0 Å². The number of hydrogen-bond acceptors (Lipinski definition) is 1. The average Bonchev–Trinajstić information content (AvgIpc) is 2.82. The summed E-state index contributed by atoms with van der Waals surface area (Å²) >= 11 is 0. The van der Waals surface area contributed by atoms with E-state index < -0.39 is 0 Å². The maximum Gasteiger partial charge on any atom is 0.0954 e. The van der Waals surface area contributed by atoms with Crippen molar-refractivity contribution >= 4 is 0 Å². The van der Waals surface area contributed by atoms with Gasteiger partial charge in [-0.2, -0.15) is 0 Å². The topological polar surface area (TPSA) is 12.5 Å². The highest BCUT2D eigenvalue weighted by atomic mass is 16.6. The van der Waals surface area contributed by atoms with Crippen molar-refractivity contribution in [3.05, 3.63) is 23.8 Å². The van der Waals surface area contributed by atoms with Crippen LogP contribution in [0.1, 0.15) is 53.4 Å². The number of allylic oxidation sites excluding steroid dienone is 3. The minimum atomic E-state index is 0.136. The van der Waals surface area contributed by atoms with E-state index in [1.54, 1.807) is 0 Å². The molecule has 0 amide bonds. The molecule has 1 nitrogen and oxygen atoms in total. The Morgan fingerprint density at radius 2 is 2.00 bits per heavy atom. The third-order valence-corrected chi connectivity index (χ3v) is 3.91. The van der Waals surface area contributed by atoms with Gasteiger partial charge in [0.1, 0.15) is 0 Å². The Balaban J connectivity index is 2.11. The molecule has 0 saturated carbocycles. The maximum absolute atomic E-state index is 5.82. The summed E-state index contributed by atoms with van der Waals surface area (Å²) < 4.78 is 5.82. The standard InChI is InChI=1S/C15H24O/c1-12-6-7-13-15(4,16-13)10-5-9-14(2,3)11-8-12/h5,8-9,13H,6-7,10-11H2,1-4H3/b9-5+,12-8+/t13-,15?/m1/s1. The highest BCUT2D eigenvalue weighted by molar-refractivity contribution is 5.11. The van der Waals surface area contributed by atoms with E-state index in [9.17, 15) is 0 Å². The van der Waals surface area contributed by atoms with Crippen molar-refractivity contribution in [2.45, 2.75) is 65.1 Å². The normalized spacial score (nSPS) is 43.5. The highest BCUT2D eigenvalue weighted by Gasteiger charge is 2.50. The van der Waals surface area contributed by atoms with Gasteiger partial charge >= 0.3 is 0 Å². The van der Waals surface area contributed by atoms with E-state index in [0.29, 0.717) is 6.10 Å². The third kappa shape index (κ3) is 2.76. The van der Waals surface area contributed by atoms with Gasteiger partial charge < -0.3 is 4.74 Å². The summed E-state index contributed by atoms with van der Waals surface area (Å²) in [5, 5.41) is 0. The summed E-state index contributed by atoms with van der Waals surface area (Å²) in [5.41, 5.74) is 1.94. The predicted octanol–water partition coefficient (Wildman–Crippen LogP) is 4.25. The lowest BCUT2D eigenvalue weighted by Gasteiger charge is -2.18. The fourth-order valence-corrected chi connectivity index (χ4v) is 2.41. The van der Waals surface area contributed by atoms with Gasteiger partial charge in [-0.05, 0) is 44.9 Å². The Morgan fingerprint density at radius 3 is 2.75 bits per heavy atom. The van der Waals surface area contributed by atoms with E-state index >= 15 is 0 Å². The molecule has 2 rings (SSSR count). The second-order valence-electron chi connectivity index (χ2n) is 6.31. The molecule has 1 saturated heterocycles. The second-order valence-corrected chi connectivity index (χ2v) is 6.31. The van der Waals surface area contributed by atoms with Gasteiger partial charge in [0.25, 0.3) is 0 Å². The van der Waals surface area contributed by atoms with Gasteiger partial charge in [-0.1, -0.05) is 37.6 Å². The van der Waals surface area contributed by atoms with Crippen LogP contribution >= 0.6 is 0 Å². The number of fused-ring (bicyclic) bond motifs is 1. The molecule has 0 bridgehead atoms. The average molecular weight is 220 g/mol. The molecule has 1 heteroatoms. The summed E-state index contributed by atoms with van der Waals surface area (Å²) in [6.07, 6.45) is 12.2. The fourth-order valence-electron chi connectivity index (χ4n) is 2.41. The molecule has 2 aliphatic rings. The van der Waals surface area contributed by atoms with Crippen LogP contribution in [0, 0.1) is 5.41 Å². The Kier molecular flexibility index (Phi) is 3.00. The quantitative estimate of drug-likeness (QED) is 0.439. The van der Waals surface area contributed by atoms with Crippen LogP contribution in [0.5, 0.6) is 0 Å². The SMILES string of the molecule is C/C1=C\CC(C)(C)/C=C/CC2(C)O[C@@H]2CC1. The highest BCUT2D eigenvalue weighted by Crippen LogP contribution is 2.43. The predicted molar refractivity (Wildman–Crippen MR) is 68.4 cm³/mol. The van der Waals surface area contributed by atoms with Crippen molar-refractivity contribution in [1.82, 2.24) is 0 Å². The molecule has 0 aromatic rings. The van der Waals surface area contributed by atoms with E-state index in [2.05, 4.69) is 45.9 Å². The van der Waals surface area contributed by atoms with Crippen molar-refractivity contribution in [2.75, 3.05) is 0 Å². The Labute approximate surface area is 99.6 Å². The van der Waals surface area contributed by atoms with E-state index in [1.165, 1.54) is 18.4 Å². The fraction of sp³-hybridized carbons (Fsp3) is 0.733. The molecular weight excluding hydrogens is 196 g/mol. The Hall–Kier alpha value is -0.560. The molecule has 0 spiro atoms. The van der Waals surface area contributed by atoms with Crippen molar-refractivity contribution < 1.29 is 4.74 Å². The molecule has 0 aromatic carbocycles. The Morgan fingerprint density at radius 1 is 1.25 bits per heavy atom. The van der Waals surface area contributed by atoms with Gasteiger partial charge in [0.15, 0.2) is 0 Å². The molecule has 0 aromatic heterocycles. The first-order chi connectivity index (χ1) is 7.41. The van der Waals surface area contributed by atoms with Gasteiger partial charge in [-0.15, -0.1) is 0 Å². The van der Waals surface area contributed by atoms with Gasteiger partial charge in [0, 0.05) is 0 Å². The van der Waals surface area contributed by atoms with E-state index in [1.807, 2.05) is 0 Å². The molecule has 1 aliphatic carbocycles. The van der Waals surface area contributed by atoms with Crippen LogP contribution in [-0.2, 0) is 4.74 Å². The first kappa shape index (κ1) is 11.9. The third-order valence-electron chi connectivity index (χ3n) is 3.91. The van der Waals surface area contributed by atoms with Crippen LogP contribution in [0.15, 0.2) is 23.8 Å². The second kappa shape index (κ2) is 4.03. The number of ether oxygens (including phenoxy) is 1. The van der Waals surface area contributed by atoms with Gasteiger partial charge in [-0.3, -0.25) is 0 Å². The molecule has 0 N–H and O–H groups in total. The molecule has 2 atom stereocenters. The number of rotatable bonds is 0. The van der Waals surface area contributed by atoms with Gasteiger partial charge in [-0.25, -0.2) is 0 Å². The maximum atomic E-state index is 5.82. The summed E-state index contributed by atoms with van der Waals surface area (Å²) in [5.74, 6) is 0. The smallest absolute Gasteiger partial charge is 0.0954 e. The molecule has 1 unspecified atom stereocenters. The number of hydrogen-bond donors (Lipinski definition) is 0. The summed E-state index contributed by atoms with van der Waals surface area (Å²) in [6, 6.07) is 0. The minimum absolute atomic E-state index is 0.136. The van der Waals surface area contributed by atoms with E-state index in [4.69, 9.17) is 4.74 Å². The van der Waals surface area contributed by atoms with Crippen LogP contribution in [-0.4, -0.2) is 11.7 Å². The van der Waals surface area contributed by atoms with E-state index in [0.717, 1.165) is 12.8 Å². The largest absolute Gasteiger partial charge is 0.366 e. The zero-order valence-electron chi connectivity index (χ0n) is 11.0. The Bertz CT molecular complexity index is 324. The first-order valence-corrected chi connectivity index (χ1v) is 6.42. The van der Waals surface area contributed by atoms with Crippen LogP contribution in [0.3, 0.4) is 0 Å². The summed E-state index contributed by atoms with van der Waals surface area (Å²) in [6.45, 7) is 9.10. The first-order valence-electron chi connectivity index (χ1n) is 6.42. The molecule has 16 heavy (non-hydrogen) atoms. The van der Waals surface area contributed by atoms with Crippen LogP contribution in [0.2, 0.25) is 0 Å².